The lowest BCUT2D eigenvalue weighted by atomic mass is 10.0. The van der Waals surface area contributed by atoms with Crippen LogP contribution in [0.25, 0.3) is 11.1 Å². The Morgan fingerprint density at radius 2 is 1.81 bits per heavy atom. The molecule has 2 rings (SSSR count). The van der Waals surface area contributed by atoms with E-state index in [4.69, 9.17) is 16.7 Å². The van der Waals surface area contributed by atoms with Gasteiger partial charge in [0.25, 0.3) is 0 Å². The summed E-state index contributed by atoms with van der Waals surface area (Å²) >= 11 is 5.73. The minimum Gasteiger partial charge on any atom is -0.465 e. The molecule has 0 bridgehead atoms. The van der Waals surface area contributed by atoms with E-state index in [1.54, 1.807) is 12.1 Å². The molecule has 0 aliphatic carbocycles. The van der Waals surface area contributed by atoms with Gasteiger partial charge in [0, 0.05) is 10.6 Å². The molecule has 0 saturated carbocycles. The minimum absolute atomic E-state index is 0.0787. The third-order valence-electron chi connectivity index (χ3n) is 2.70. The zero-order valence-corrected chi connectivity index (χ0v) is 11.2. The standard InChI is InChI=1S/C14H9ClF3NO2/c15-10-6-8(5-9(7-10)14(16,17)18)11-3-1-2-4-12(11)19-13(20)21/h1-7,19H,(H,20,21). The maximum Gasteiger partial charge on any atom is 0.416 e. The average Bonchev–Trinajstić information content (AvgIpc) is 2.37. The zero-order chi connectivity index (χ0) is 15.6. The van der Waals surface area contributed by atoms with Crippen LogP contribution in [0.4, 0.5) is 23.7 Å². The molecule has 0 fully saturated rings. The molecule has 7 heteroatoms. The summed E-state index contributed by atoms with van der Waals surface area (Å²) in [6, 6.07) is 9.22. The summed E-state index contributed by atoms with van der Waals surface area (Å²) in [7, 11) is 0. The zero-order valence-electron chi connectivity index (χ0n) is 10.4. The van der Waals surface area contributed by atoms with Crippen LogP contribution in [0.1, 0.15) is 5.56 Å². The van der Waals surface area contributed by atoms with Crippen LogP contribution in [0.2, 0.25) is 5.02 Å². The van der Waals surface area contributed by atoms with Gasteiger partial charge in [0.2, 0.25) is 0 Å². The summed E-state index contributed by atoms with van der Waals surface area (Å²) < 4.78 is 38.4. The van der Waals surface area contributed by atoms with Crippen molar-refractivity contribution in [3.05, 3.63) is 53.1 Å². The van der Waals surface area contributed by atoms with E-state index in [0.717, 1.165) is 12.1 Å². The van der Waals surface area contributed by atoms with Crippen LogP contribution in [0.3, 0.4) is 0 Å². The molecule has 2 aromatic rings. The molecule has 0 saturated heterocycles. The van der Waals surface area contributed by atoms with Gasteiger partial charge >= 0.3 is 12.3 Å². The van der Waals surface area contributed by atoms with E-state index in [0.29, 0.717) is 5.56 Å². The number of amides is 1. The van der Waals surface area contributed by atoms with Gasteiger partial charge in [-0.05, 0) is 29.8 Å². The van der Waals surface area contributed by atoms with E-state index < -0.39 is 17.8 Å². The summed E-state index contributed by atoms with van der Waals surface area (Å²) in [4.78, 5) is 10.7. The van der Waals surface area contributed by atoms with Crippen LogP contribution in [0.5, 0.6) is 0 Å². The molecular formula is C14H9ClF3NO2. The van der Waals surface area contributed by atoms with Gasteiger partial charge in [-0.2, -0.15) is 13.2 Å². The predicted molar refractivity (Wildman–Crippen MR) is 73.5 cm³/mol. The van der Waals surface area contributed by atoms with E-state index in [9.17, 15) is 18.0 Å². The Balaban J connectivity index is 2.57. The number of hydrogen-bond donors (Lipinski definition) is 2. The second kappa shape index (κ2) is 5.65. The van der Waals surface area contributed by atoms with Crippen molar-refractivity contribution in [1.29, 1.82) is 0 Å². The van der Waals surface area contributed by atoms with Crippen LogP contribution in [0, 0.1) is 0 Å². The van der Waals surface area contributed by atoms with Gasteiger partial charge in [-0.25, -0.2) is 4.79 Å². The van der Waals surface area contributed by atoms with E-state index in [-0.39, 0.29) is 16.3 Å². The first-order valence-corrected chi connectivity index (χ1v) is 6.12. The van der Waals surface area contributed by atoms with E-state index >= 15 is 0 Å². The number of halogens is 4. The number of para-hydroxylation sites is 1. The van der Waals surface area contributed by atoms with Gasteiger partial charge < -0.3 is 5.11 Å². The maximum absolute atomic E-state index is 12.8. The Hall–Kier alpha value is -2.21. The van der Waals surface area contributed by atoms with Crippen LogP contribution in [-0.2, 0) is 6.18 Å². The lowest BCUT2D eigenvalue weighted by Crippen LogP contribution is -2.08. The Morgan fingerprint density at radius 3 is 2.43 bits per heavy atom. The molecular weight excluding hydrogens is 307 g/mol. The molecule has 0 spiro atoms. The van der Waals surface area contributed by atoms with Crippen molar-refractivity contribution < 1.29 is 23.1 Å². The van der Waals surface area contributed by atoms with Crippen molar-refractivity contribution in [2.45, 2.75) is 6.18 Å². The number of rotatable bonds is 2. The second-order valence-electron chi connectivity index (χ2n) is 4.20. The third-order valence-corrected chi connectivity index (χ3v) is 2.92. The lowest BCUT2D eigenvalue weighted by molar-refractivity contribution is -0.137. The number of carbonyl (C=O) groups is 1. The highest BCUT2D eigenvalue weighted by molar-refractivity contribution is 6.31. The molecule has 0 unspecified atom stereocenters. The van der Waals surface area contributed by atoms with Gasteiger partial charge in [0.15, 0.2) is 0 Å². The van der Waals surface area contributed by atoms with Gasteiger partial charge in [-0.3, -0.25) is 5.32 Å². The summed E-state index contributed by atoms with van der Waals surface area (Å²) in [5, 5.41) is 10.8. The van der Waals surface area contributed by atoms with Crippen molar-refractivity contribution in [3.63, 3.8) is 0 Å². The number of hydrogen-bond acceptors (Lipinski definition) is 1. The molecule has 0 aromatic heterocycles. The molecule has 3 nitrogen and oxygen atoms in total. The summed E-state index contributed by atoms with van der Waals surface area (Å²) in [6.45, 7) is 0. The van der Waals surface area contributed by atoms with Crippen molar-refractivity contribution in [1.82, 2.24) is 0 Å². The highest BCUT2D eigenvalue weighted by Crippen LogP contribution is 2.36. The van der Waals surface area contributed by atoms with Gasteiger partial charge in [-0.1, -0.05) is 29.8 Å². The third kappa shape index (κ3) is 3.66. The SMILES string of the molecule is O=C(O)Nc1ccccc1-c1cc(Cl)cc(C(F)(F)F)c1. The Kier molecular flexibility index (Phi) is 4.09. The second-order valence-corrected chi connectivity index (χ2v) is 4.64. The van der Waals surface area contributed by atoms with Gasteiger partial charge in [0.05, 0.1) is 11.3 Å². The quantitative estimate of drug-likeness (QED) is 0.808. The number of carboxylic acid groups (broad SMARTS) is 1. The summed E-state index contributed by atoms with van der Waals surface area (Å²) in [5.74, 6) is 0. The van der Waals surface area contributed by atoms with E-state index in [1.165, 1.54) is 18.2 Å². The first kappa shape index (κ1) is 15.2. The topological polar surface area (TPSA) is 49.3 Å². The molecule has 110 valence electrons. The molecule has 0 heterocycles. The molecule has 0 radical (unpaired) electrons. The van der Waals surface area contributed by atoms with Crippen molar-refractivity contribution in [3.8, 4) is 11.1 Å². The molecule has 1 amide bonds. The van der Waals surface area contributed by atoms with E-state index in [2.05, 4.69) is 5.32 Å². The van der Waals surface area contributed by atoms with Crippen LogP contribution < -0.4 is 5.32 Å². The van der Waals surface area contributed by atoms with Gasteiger partial charge in [-0.15, -0.1) is 0 Å². The van der Waals surface area contributed by atoms with Crippen LogP contribution in [0.15, 0.2) is 42.5 Å². The Bertz CT molecular complexity index is 686. The first-order chi connectivity index (χ1) is 9.77. The van der Waals surface area contributed by atoms with Crippen molar-refractivity contribution in [2.24, 2.45) is 0 Å². The fourth-order valence-corrected chi connectivity index (χ4v) is 2.10. The first-order valence-electron chi connectivity index (χ1n) is 5.74. The van der Waals surface area contributed by atoms with Crippen LogP contribution >= 0.6 is 11.6 Å². The molecule has 2 aromatic carbocycles. The fourth-order valence-electron chi connectivity index (χ4n) is 1.87. The molecule has 0 atom stereocenters. The lowest BCUT2D eigenvalue weighted by Gasteiger charge is -2.13. The molecule has 21 heavy (non-hydrogen) atoms. The monoisotopic (exact) mass is 315 g/mol. The highest BCUT2D eigenvalue weighted by atomic mass is 35.5. The molecule has 2 N–H and O–H groups in total. The average molecular weight is 316 g/mol. The number of alkyl halides is 3. The van der Waals surface area contributed by atoms with Crippen molar-refractivity contribution in [2.75, 3.05) is 5.32 Å². The van der Waals surface area contributed by atoms with Gasteiger partial charge in [0.1, 0.15) is 0 Å². The maximum atomic E-state index is 12.8. The molecule has 0 aliphatic heterocycles. The highest BCUT2D eigenvalue weighted by Gasteiger charge is 2.31. The minimum atomic E-state index is -4.53. The number of anilines is 1. The predicted octanol–water partition coefficient (Wildman–Crippen LogP) is 5.12. The normalized spacial score (nSPS) is 11.2. The Labute approximate surface area is 123 Å². The summed E-state index contributed by atoms with van der Waals surface area (Å²) in [5.41, 5.74) is -0.220. The van der Waals surface area contributed by atoms with Crippen LogP contribution in [-0.4, -0.2) is 11.2 Å². The number of benzene rings is 2. The van der Waals surface area contributed by atoms with Crippen molar-refractivity contribution >= 4 is 23.4 Å². The fraction of sp³-hybridized carbons (Fsp3) is 0.0714. The van der Waals surface area contributed by atoms with E-state index in [1.807, 2.05) is 0 Å². The number of nitrogens with one attached hydrogen (secondary N) is 1. The Morgan fingerprint density at radius 1 is 1.14 bits per heavy atom. The smallest absolute Gasteiger partial charge is 0.416 e. The summed E-state index contributed by atoms with van der Waals surface area (Å²) in [6.07, 6.45) is -5.84. The largest absolute Gasteiger partial charge is 0.465 e. The molecule has 0 aliphatic rings.